The van der Waals surface area contributed by atoms with Crippen molar-refractivity contribution in [2.24, 2.45) is 11.8 Å². The standard InChI is InChI=1S/C17H24N4/c1-13-3-2-4-17(20-13)19-11-15-7-8-21(12-15)16-6-5-14(9-16)10-18/h2-4,14-16H,5-9,11-12H2,1H3,(H,19,20). The highest BCUT2D eigenvalue weighted by atomic mass is 15.2. The molecule has 2 heterocycles. The van der Waals surface area contributed by atoms with Crippen LogP contribution < -0.4 is 5.32 Å². The lowest BCUT2D eigenvalue weighted by Gasteiger charge is -2.23. The molecule has 1 aliphatic heterocycles. The van der Waals surface area contributed by atoms with Crippen LogP contribution in [0.2, 0.25) is 0 Å². The van der Waals surface area contributed by atoms with Crippen molar-refractivity contribution in [3.63, 3.8) is 0 Å². The van der Waals surface area contributed by atoms with Gasteiger partial charge >= 0.3 is 0 Å². The Labute approximate surface area is 127 Å². The number of nitrogens with one attached hydrogen (secondary N) is 1. The van der Waals surface area contributed by atoms with E-state index in [9.17, 15) is 0 Å². The molecule has 112 valence electrons. The third-order valence-electron chi connectivity index (χ3n) is 4.88. The SMILES string of the molecule is Cc1cccc(NCC2CCN(C3CCC(C#N)C3)C2)n1. The fourth-order valence-corrected chi connectivity index (χ4v) is 3.66. The summed E-state index contributed by atoms with van der Waals surface area (Å²) in [5.41, 5.74) is 1.06. The maximum absolute atomic E-state index is 9.03. The third kappa shape index (κ3) is 3.54. The predicted molar refractivity (Wildman–Crippen MR) is 83.9 cm³/mol. The van der Waals surface area contributed by atoms with Gasteiger partial charge in [0.05, 0.1) is 6.07 Å². The minimum absolute atomic E-state index is 0.295. The van der Waals surface area contributed by atoms with E-state index in [4.69, 9.17) is 5.26 Å². The molecule has 21 heavy (non-hydrogen) atoms. The molecule has 1 aliphatic carbocycles. The fraction of sp³-hybridized carbons (Fsp3) is 0.647. The lowest BCUT2D eigenvalue weighted by Crippen LogP contribution is -2.32. The minimum atomic E-state index is 0.295. The van der Waals surface area contributed by atoms with Gasteiger partial charge in [0.1, 0.15) is 5.82 Å². The Bertz CT molecular complexity index is 522. The van der Waals surface area contributed by atoms with Gasteiger partial charge in [-0.2, -0.15) is 5.26 Å². The van der Waals surface area contributed by atoms with Crippen LogP contribution in [0.1, 0.15) is 31.4 Å². The number of aryl methyl sites for hydroxylation is 1. The number of aromatic nitrogens is 1. The number of likely N-dealkylation sites (tertiary alicyclic amines) is 1. The molecule has 0 spiro atoms. The normalized spacial score (nSPS) is 29.4. The highest BCUT2D eigenvalue weighted by Crippen LogP contribution is 2.32. The van der Waals surface area contributed by atoms with E-state index in [0.29, 0.717) is 17.9 Å². The average Bonchev–Trinajstić information content (AvgIpc) is 3.14. The van der Waals surface area contributed by atoms with Crippen LogP contribution in [0.4, 0.5) is 5.82 Å². The Hall–Kier alpha value is -1.60. The van der Waals surface area contributed by atoms with Crippen LogP contribution in [-0.4, -0.2) is 35.6 Å². The molecule has 0 bridgehead atoms. The monoisotopic (exact) mass is 284 g/mol. The molecule has 1 aromatic heterocycles. The number of hydrogen-bond donors (Lipinski definition) is 1. The molecule has 1 aromatic rings. The Morgan fingerprint density at radius 2 is 2.29 bits per heavy atom. The molecular formula is C17H24N4. The van der Waals surface area contributed by atoms with Gasteiger partial charge in [0.15, 0.2) is 0 Å². The summed E-state index contributed by atoms with van der Waals surface area (Å²) in [5.74, 6) is 1.98. The van der Waals surface area contributed by atoms with Crippen LogP contribution in [0.15, 0.2) is 18.2 Å². The van der Waals surface area contributed by atoms with Crippen LogP contribution in [0, 0.1) is 30.1 Å². The van der Waals surface area contributed by atoms with Gasteiger partial charge in [-0.15, -0.1) is 0 Å². The minimum Gasteiger partial charge on any atom is -0.370 e. The van der Waals surface area contributed by atoms with Gasteiger partial charge in [-0.25, -0.2) is 4.98 Å². The van der Waals surface area contributed by atoms with E-state index in [2.05, 4.69) is 21.3 Å². The van der Waals surface area contributed by atoms with Crippen LogP contribution in [0.3, 0.4) is 0 Å². The number of nitrogens with zero attached hydrogens (tertiary/aromatic N) is 3. The second kappa shape index (κ2) is 6.44. The van der Waals surface area contributed by atoms with E-state index in [-0.39, 0.29) is 0 Å². The topological polar surface area (TPSA) is 52.0 Å². The molecule has 1 N–H and O–H groups in total. The van der Waals surface area contributed by atoms with E-state index in [1.54, 1.807) is 0 Å². The van der Waals surface area contributed by atoms with E-state index in [1.807, 2.05) is 25.1 Å². The first-order chi connectivity index (χ1) is 10.2. The summed E-state index contributed by atoms with van der Waals surface area (Å²) in [5, 5.41) is 12.5. The summed E-state index contributed by atoms with van der Waals surface area (Å²) in [6.45, 7) is 5.38. The predicted octanol–water partition coefficient (Wildman–Crippen LogP) is 2.82. The molecule has 2 aliphatic rings. The van der Waals surface area contributed by atoms with Crippen molar-refractivity contribution in [2.45, 2.75) is 38.6 Å². The van der Waals surface area contributed by atoms with Crippen molar-refractivity contribution in [1.82, 2.24) is 9.88 Å². The maximum atomic E-state index is 9.03. The summed E-state index contributed by atoms with van der Waals surface area (Å²) >= 11 is 0. The van der Waals surface area contributed by atoms with Gasteiger partial charge in [0.2, 0.25) is 0 Å². The average molecular weight is 284 g/mol. The molecule has 4 nitrogen and oxygen atoms in total. The maximum Gasteiger partial charge on any atom is 0.126 e. The van der Waals surface area contributed by atoms with Gasteiger partial charge in [-0.05, 0) is 57.2 Å². The van der Waals surface area contributed by atoms with Crippen molar-refractivity contribution in [2.75, 3.05) is 25.0 Å². The Balaban J connectivity index is 1.46. The third-order valence-corrected chi connectivity index (χ3v) is 4.88. The fourth-order valence-electron chi connectivity index (χ4n) is 3.66. The molecular weight excluding hydrogens is 260 g/mol. The molecule has 0 radical (unpaired) electrons. The lowest BCUT2D eigenvalue weighted by molar-refractivity contribution is 0.236. The van der Waals surface area contributed by atoms with Crippen molar-refractivity contribution < 1.29 is 0 Å². The van der Waals surface area contributed by atoms with Crippen molar-refractivity contribution in [1.29, 1.82) is 5.26 Å². The molecule has 4 heteroatoms. The Morgan fingerprint density at radius 1 is 1.38 bits per heavy atom. The molecule has 3 rings (SSSR count). The molecule has 1 saturated carbocycles. The molecule has 3 atom stereocenters. The zero-order valence-electron chi connectivity index (χ0n) is 12.8. The second-order valence-corrected chi connectivity index (χ2v) is 6.49. The number of rotatable bonds is 4. The first-order valence-electron chi connectivity index (χ1n) is 8.06. The van der Waals surface area contributed by atoms with Crippen molar-refractivity contribution in [3.05, 3.63) is 23.9 Å². The van der Waals surface area contributed by atoms with E-state index < -0.39 is 0 Å². The number of nitriles is 1. The summed E-state index contributed by atoms with van der Waals surface area (Å²) < 4.78 is 0. The first kappa shape index (κ1) is 14.3. The van der Waals surface area contributed by atoms with Crippen molar-refractivity contribution >= 4 is 5.82 Å². The van der Waals surface area contributed by atoms with Crippen LogP contribution in [-0.2, 0) is 0 Å². The Morgan fingerprint density at radius 3 is 3.05 bits per heavy atom. The van der Waals surface area contributed by atoms with E-state index >= 15 is 0 Å². The molecule has 0 aromatic carbocycles. The zero-order chi connectivity index (χ0) is 14.7. The van der Waals surface area contributed by atoms with Gasteiger partial charge in [-0.1, -0.05) is 6.07 Å². The number of pyridine rings is 1. The quantitative estimate of drug-likeness (QED) is 0.923. The van der Waals surface area contributed by atoms with Gasteiger partial charge in [0.25, 0.3) is 0 Å². The molecule has 0 amide bonds. The van der Waals surface area contributed by atoms with Crippen LogP contribution >= 0.6 is 0 Å². The van der Waals surface area contributed by atoms with Gasteiger partial charge < -0.3 is 5.32 Å². The van der Waals surface area contributed by atoms with Crippen molar-refractivity contribution in [3.8, 4) is 6.07 Å². The molecule has 3 unspecified atom stereocenters. The highest BCUT2D eigenvalue weighted by molar-refractivity contribution is 5.35. The van der Waals surface area contributed by atoms with E-state index in [1.165, 1.54) is 25.9 Å². The largest absolute Gasteiger partial charge is 0.370 e. The van der Waals surface area contributed by atoms with Crippen LogP contribution in [0.25, 0.3) is 0 Å². The summed E-state index contributed by atoms with van der Waals surface area (Å²) in [6, 6.07) is 9.19. The highest BCUT2D eigenvalue weighted by Gasteiger charge is 2.33. The summed E-state index contributed by atoms with van der Waals surface area (Å²) in [7, 11) is 0. The second-order valence-electron chi connectivity index (χ2n) is 6.49. The summed E-state index contributed by atoms with van der Waals surface area (Å²) in [4.78, 5) is 7.10. The summed E-state index contributed by atoms with van der Waals surface area (Å²) in [6.07, 6.45) is 4.63. The van der Waals surface area contributed by atoms with Crippen LogP contribution in [0.5, 0.6) is 0 Å². The number of anilines is 1. The number of hydrogen-bond acceptors (Lipinski definition) is 4. The molecule has 2 fully saturated rings. The Kier molecular flexibility index (Phi) is 4.40. The van der Waals surface area contributed by atoms with E-state index in [0.717, 1.165) is 30.9 Å². The molecule has 1 saturated heterocycles. The van der Waals surface area contributed by atoms with Gasteiger partial charge in [-0.3, -0.25) is 4.90 Å². The smallest absolute Gasteiger partial charge is 0.126 e. The zero-order valence-corrected chi connectivity index (χ0v) is 12.8. The lowest BCUT2D eigenvalue weighted by atomic mass is 10.1. The van der Waals surface area contributed by atoms with Gasteiger partial charge in [0, 0.05) is 30.7 Å². The first-order valence-corrected chi connectivity index (χ1v) is 8.06.